The smallest absolute Gasteiger partial charge is 0.202 e. The minimum Gasteiger partial charge on any atom is -0.480 e. The summed E-state index contributed by atoms with van der Waals surface area (Å²) in [5, 5.41) is 0. The van der Waals surface area contributed by atoms with Crippen molar-refractivity contribution >= 4 is 27.8 Å². The number of hydrogen-bond acceptors (Lipinski definition) is 2. The van der Waals surface area contributed by atoms with Gasteiger partial charge in [0.1, 0.15) is 5.76 Å². The fourth-order valence-electron chi connectivity index (χ4n) is 1.51. The molecule has 1 aromatic rings. The third-order valence-electron chi connectivity index (χ3n) is 2.55. The molecule has 0 aliphatic carbocycles. The van der Waals surface area contributed by atoms with Gasteiger partial charge in [-0.15, -0.1) is 0 Å². The third-order valence-corrected chi connectivity index (χ3v) is 3.08. The Balaban J connectivity index is 2.10. The SMILES string of the molecule is CC1(C)OC(C=Cc2ccc(Br)cc2)=CC1=O. The second-order valence-corrected chi connectivity index (χ2v) is 5.32. The number of ether oxygens (including phenoxy) is 1. The van der Waals surface area contributed by atoms with Crippen LogP contribution in [0.2, 0.25) is 0 Å². The largest absolute Gasteiger partial charge is 0.480 e. The van der Waals surface area contributed by atoms with E-state index in [-0.39, 0.29) is 5.78 Å². The minimum absolute atomic E-state index is 0.00737. The average molecular weight is 293 g/mol. The van der Waals surface area contributed by atoms with Crippen LogP contribution in [-0.4, -0.2) is 11.4 Å². The van der Waals surface area contributed by atoms with Crippen molar-refractivity contribution in [2.75, 3.05) is 0 Å². The summed E-state index contributed by atoms with van der Waals surface area (Å²) in [6, 6.07) is 7.92. The molecular weight excluding hydrogens is 280 g/mol. The standard InChI is InChI=1S/C14H13BrO2/c1-14(2)13(16)9-12(17-14)8-5-10-3-6-11(15)7-4-10/h3-9H,1-2H3. The first-order valence-corrected chi connectivity index (χ1v) is 6.15. The van der Waals surface area contributed by atoms with Crippen molar-refractivity contribution in [1.82, 2.24) is 0 Å². The zero-order valence-corrected chi connectivity index (χ0v) is 11.3. The topological polar surface area (TPSA) is 26.3 Å². The highest BCUT2D eigenvalue weighted by Gasteiger charge is 2.33. The van der Waals surface area contributed by atoms with Crippen molar-refractivity contribution in [3.8, 4) is 0 Å². The molecule has 1 aromatic carbocycles. The first-order valence-electron chi connectivity index (χ1n) is 5.36. The highest BCUT2D eigenvalue weighted by Crippen LogP contribution is 2.25. The zero-order chi connectivity index (χ0) is 12.5. The van der Waals surface area contributed by atoms with E-state index in [9.17, 15) is 4.79 Å². The fourth-order valence-corrected chi connectivity index (χ4v) is 1.78. The summed E-state index contributed by atoms with van der Waals surface area (Å²) in [7, 11) is 0. The zero-order valence-electron chi connectivity index (χ0n) is 9.74. The molecule has 0 bridgehead atoms. The molecule has 1 aliphatic rings. The van der Waals surface area contributed by atoms with Gasteiger partial charge >= 0.3 is 0 Å². The van der Waals surface area contributed by atoms with Gasteiger partial charge in [-0.1, -0.05) is 34.1 Å². The summed E-state index contributed by atoms with van der Waals surface area (Å²) >= 11 is 3.38. The number of allylic oxidation sites excluding steroid dienone is 1. The molecule has 3 heteroatoms. The maximum Gasteiger partial charge on any atom is 0.202 e. The van der Waals surface area contributed by atoms with Crippen molar-refractivity contribution in [1.29, 1.82) is 0 Å². The Labute approximate surface area is 109 Å². The number of carbonyl (C=O) groups excluding carboxylic acids is 1. The Hall–Kier alpha value is -1.35. The third kappa shape index (κ3) is 2.86. The molecule has 2 nitrogen and oxygen atoms in total. The molecule has 0 fully saturated rings. The monoisotopic (exact) mass is 292 g/mol. The normalized spacial score (nSPS) is 18.3. The molecule has 0 amide bonds. The lowest BCUT2D eigenvalue weighted by molar-refractivity contribution is -0.126. The van der Waals surface area contributed by atoms with Crippen LogP contribution in [0.3, 0.4) is 0 Å². The number of carbonyl (C=O) groups is 1. The molecule has 2 rings (SSSR count). The van der Waals surface area contributed by atoms with Crippen LogP contribution in [0, 0.1) is 0 Å². The van der Waals surface area contributed by atoms with Crippen LogP contribution in [-0.2, 0) is 9.53 Å². The van der Waals surface area contributed by atoms with Gasteiger partial charge in [-0.05, 0) is 37.6 Å². The number of hydrogen-bond donors (Lipinski definition) is 0. The van der Waals surface area contributed by atoms with Crippen molar-refractivity contribution in [3.63, 3.8) is 0 Å². The van der Waals surface area contributed by atoms with Gasteiger partial charge < -0.3 is 4.74 Å². The van der Waals surface area contributed by atoms with Gasteiger partial charge in [0.15, 0.2) is 5.60 Å². The highest BCUT2D eigenvalue weighted by atomic mass is 79.9. The Kier molecular flexibility index (Phi) is 3.20. The van der Waals surface area contributed by atoms with Gasteiger partial charge in [0, 0.05) is 10.5 Å². The molecule has 0 atom stereocenters. The van der Waals surface area contributed by atoms with E-state index < -0.39 is 5.60 Å². The van der Waals surface area contributed by atoms with Gasteiger partial charge in [-0.3, -0.25) is 4.79 Å². The summed E-state index contributed by atoms with van der Waals surface area (Å²) in [6.45, 7) is 3.54. The Bertz CT molecular complexity index is 495. The van der Waals surface area contributed by atoms with E-state index in [1.165, 1.54) is 6.08 Å². The molecule has 0 unspecified atom stereocenters. The van der Waals surface area contributed by atoms with E-state index in [0.717, 1.165) is 10.0 Å². The molecule has 0 aromatic heterocycles. The second kappa shape index (κ2) is 4.49. The molecule has 88 valence electrons. The molecule has 0 saturated heterocycles. The molecule has 0 spiro atoms. The second-order valence-electron chi connectivity index (χ2n) is 4.41. The van der Waals surface area contributed by atoms with Crippen LogP contribution < -0.4 is 0 Å². The van der Waals surface area contributed by atoms with E-state index in [2.05, 4.69) is 15.9 Å². The fraction of sp³-hybridized carbons (Fsp3) is 0.214. The lowest BCUT2D eigenvalue weighted by atomic mass is 10.1. The highest BCUT2D eigenvalue weighted by molar-refractivity contribution is 9.10. The molecule has 0 saturated carbocycles. The van der Waals surface area contributed by atoms with E-state index in [4.69, 9.17) is 4.74 Å². The van der Waals surface area contributed by atoms with Gasteiger partial charge in [0.2, 0.25) is 5.78 Å². The molecule has 1 aliphatic heterocycles. The minimum atomic E-state index is -0.723. The van der Waals surface area contributed by atoms with Crippen LogP contribution >= 0.6 is 15.9 Å². The quantitative estimate of drug-likeness (QED) is 0.830. The van der Waals surface area contributed by atoms with E-state index in [1.54, 1.807) is 13.8 Å². The number of halogens is 1. The van der Waals surface area contributed by atoms with Crippen molar-refractivity contribution < 1.29 is 9.53 Å². The maximum atomic E-state index is 11.5. The summed E-state index contributed by atoms with van der Waals surface area (Å²) in [4.78, 5) is 11.5. The maximum absolute atomic E-state index is 11.5. The van der Waals surface area contributed by atoms with Gasteiger partial charge in [0.05, 0.1) is 0 Å². The molecule has 0 N–H and O–H groups in total. The van der Waals surface area contributed by atoms with E-state index in [1.807, 2.05) is 36.4 Å². The first-order chi connectivity index (χ1) is 7.97. The van der Waals surface area contributed by atoms with E-state index in [0.29, 0.717) is 5.76 Å². The first kappa shape index (κ1) is 12.1. The summed E-state index contributed by atoms with van der Waals surface area (Å²) < 4.78 is 6.57. The number of rotatable bonds is 2. The Morgan fingerprint density at radius 1 is 1.18 bits per heavy atom. The lowest BCUT2D eigenvalue weighted by Gasteiger charge is -2.16. The lowest BCUT2D eigenvalue weighted by Crippen LogP contribution is -2.27. The molecular formula is C14H13BrO2. The molecule has 17 heavy (non-hydrogen) atoms. The van der Waals surface area contributed by atoms with Gasteiger partial charge in [-0.2, -0.15) is 0 Å². The van der Waals surface area contributed by atoms with Crippen molar-refractivity contribution in [3.05, 3.63) is 52.2 Å². The van der Waals surface area contributed by atoms with Crippen LogP contribution in [0.25, 0.3) is 6.08 Å². The van der Waals surface area contributed by atoms with Crippen LogP contribution in [0.5, 0.6) is 0 Å². The van der Waals surface area contributed by atoms with Crippen molar-refractivity contribution in [2.45, 2.75) is 19.4 Å². The Morgan fingerprint density at radius 3 is 2.35 bits per heavy atom. The van der Waals surface area contributed by atoms with Crippen molar-refractivity contribution in [2.24, 2.45) is 0 Å². The summed E-state index contributed by atoms with van der Waals surface area (Å²) in [5.41, 5.74) is 0.342. The summed E-state index contributed by atoms with van der Waals surface area (Å²) in [5.74, 6) is 0.621. The predicted molar refractivity (Wildman–Crippen MR) is 71.4 cm³/mol. The number of benzene rings is 1. The van der Waals surface area contributed by atoms with Crippen LogP contribution in [0.1, 0.15) is 19.4 Å². The molecule has 1 heterocycles. The van der Waals surface area contributed by atoms with Gasteiger partial charge in [-0.25, -0.2) is 0 Å². The predicted octanol–water partition coefficient (Wildman–Crippen LogP) is 3.72. The van der Waals surface area contributed by atoms with Crippen LogP contribution in [0.4, 0.5) is 0 Å². The summed E-state index contributed by atoms with van der Waals surface area (Å²) in [6.07, 6.45) is 5.28. The molecule has 0 radical (unpaired) electrons. The van der Waals surface area contributed by atoms with Crippen LogP contribution in [0.15, 0.2) is 46.6 Å². The van der Waals surface area contributed by atoms with Gasteiger partial charge in [0.25, 0.3) is 0 Å². The van der Waals surface area contributed by atoms with E-state index >= 15 is 0 Å². The average Bonchev–Trinajstić information content (AvgIpc) is 2.52. The Morgan fingerprint density at radius 2 is 1.82 bits per heavy atom. The number of ketones is 1.